The predicted molar refractivity (Wildman–Crippen MR) is 156 cm³/mol. The van der Waals surface area contributed by atoms with Gasteiger partial charge in [0.1, 0.15) is 18.6 Å². The quantitative estimate of drug-likeness (QED) is 0.0866. The summed E-state index contributed by atoms with van der Waals surface area (Å²) >= 11 is 0. The number of ether oxygens (including phenoxy) is 11. The van der Waals surface area contributed by atoms with Crippen LogP contribution in [0.2, 0.25) is 0 Å². The summed E-state index contributed by atoms with van der Waals surface area (Å²) in [7, 11) is 0. The molecule has 1 aromatic carbocycles. The molecule has 0 bridgehead atoms. The van der Waals surface area contributed by atoms with Crippen molar-refractivity contribution in [3.63, 3.8) is 0 Å². The van der Waals surface area contributed by atoms with E-state index in [1.165, 1.54) is 0 Å². The Morgan fingerprint density at radius 3 is 1.02 bits per heavy atom. The molecule has 0 saturated carbocycles. The summed E-state index contributed by atoms with van der Waals surface area (Å²) in [5.74, 6) is 0.706. The topological polar surface area (TPSA) is 119 Å². The molecule has 0 unspecified atom stereocenters. The van der Waals surface area contributed by atoms with E-state index >= 15 is 0 Å². The Morgan fingerprint density at radius 2 is 0.738 bits per heavy atom. The summed E-state index contributed by atoms with van der Waals surface area (Å²) in [5, 5.41) is 0. The van der Waals surface area contributed by atoms with Gasteiger partial charge in [-0.3, -0.25) is 4.79 Å². The molecule has 1 rings (SSSR count). The maximum Gasteiger partial charge on any atom is 0.150 e. The van der Waals surface area contributed by atoms with Crippen LogP contribution in [0.25, 0.3) is 0 Å². The Morgan fingerprint density at radius 1 is 0.452 bits per heavy atom. The minimum atomic E-state index is 0.229. The third-order valence-electron chi connectivity index (χ3n) is 5.17. The Hall–Kier alpha value is -1.71. The molecule has 0 N–H and O–H groups in total. The lowest BCUT2D eigenvalue weighted by molar-refractivity contribution is -0.0281. The highest BCUT2D eigenvalue weighted by Gasteiger charge is 1.98. The Labute approximate surface area is 251 Å². The van der Waals surface area contributed by atoms with Crippen LogP contribution in [-0.2, 0) is 47.4 Å². The SMILES string of the molecule is CC(C)OCCOCCOCCOCCOCCOCCOCCOCCOCCOCCOc1ccc(C=O)cc1. The highest BCUT2D eigenvalue weighted by Crippen LogP contribution is 2.10. The first-order chi connectivity index (χ1) is 20.7. The van der Waals surface area contributed by atoms with Gasteiger partial charge in [-0.05, 0) is 38.1 Å². The molecule has 12 heteroatoms. The molecule has 0 heterocycles. The monoisotopic (exact) mass is 604 g/mol. The lowest BCUT2D eigenvalue weighted by atomic mass is 10.2. The van der Waals surface area contributed by atoms with Crippen LogP contribution in [0.1, 0.15) is 24.2 Å². The van der Waals surface area contributed by atoms with E-state index in [4.69, 9.17) is 52.1 Å². The molecule has 0 aromatic heterocycles. The molecular weight excluding hydrogens is 552 g/mol. The molecule has 0 aliphatic rings. The van der Waals surface area contributed by atoms with Crippen LogP contribution in [0.15, 0.2) is 24.3 Å². The standard InChI is InChI=1S/C30H52O12/c1-28(2)41-25-23-39-21-19-37-17-15-35-13-11-33-9-7-32-8-10-34-12-14-36-16-18-38-20-22-40-24-26-42-30-5-3-29(27-31)4-6-30/h3-6,27-28H,7-26H2,1-2H3. The fourth-order valence-corrected chi connectivity index (χ4v) is 3.07. The average molecular weight is 605 g/mol. The maximum absolute atomic E-state index is 10.6. The van der Waals surface area contributed by atoms with E-state index in [9.17, 15) is 4.79 Å². The zero-order chi connectivity index (χ0) is 30.2. The van der Waals surface area contributed by atoms with E-state index in [0.29, 0.717) is 143 Å². The van der Waals surface area contributed by atoms with Crippen molar-refractivity contribution in [1.29, 1.82) is 0 Å². The number of hydrogen-bond donors (Lipinski definition) is 0. The third-order valence-corrected chi connectivity index (χ3v) is 5.17. The van der Waals surface area contributed by atoms with Crippen LogP contribution in [0.5, 0.6) is 5.75 Å². The number of carbonyl (C=O) groups excluding carboxylic acids is 1. The molecule has 0 spiro atoms. The zero-order valence-corrected chi connectivity index (χ0v) is 25.5. The summed E-state index contributed by atoms with van der Waals surface area (Å²) in [6.07, 6.45) is 1.03. The van der Waals surface area contributed by atoms with Crippen molar-refractivity contribution in [2.24, 2.45) is 0 Å². The van der Waals surface area contributed by atoms with E-state index < -0.39 is 0 Å². The molecule has 12 nitrogen and oxygen atoms in total. The van der Waals surface area contributed by atoms with Crippen molar-refractivity contribution in [2.75, 3.05) is 132 Å². The highest BCUT2D eigenvalue weighted by molar-refractivity contribution is 5.74. The molecule has 244 valence electrons. The molecule has 0 amide bonds. The van der Waals surface area contributed by atoms with Crippen LogP contribution in [0, 0.1) is 0 Å². The predicted octanol–water partition coefficient (Wildman–Crippen LogP) is 2.45. The molecular formula is C30H52O12. The first-order valence-corrected chi connectivity index (χ1v) is 14.7. The Kier molecular flexibility index (Phi) is 28.0. The third kappa shape index (κ3) is 27.1. The summed E-state index contributed by atoms with van der Waals surface area (Å²) in [5.41, 5.74) is 0.619. The molecule has 0 aliphatic carbocycles. The van der Waals surface area contributed by atoms with Crippen molar-refractivity contribution in [1.82, 2.24) is 0 Å². The summed E-state index contributed by atoms with van der Waals surface area (Å²) in [6, 6.07) is 6.94. The van der Waals surface area contributed by atoms with Crippen molar-refractivity contribution < 1.29 is 56.9 Å². The number of rotatable bonds is 33. The Bertz CT molecular complexity index is 689. The van der Waals surface area contributed by atoms with E-state index in [0.717, 1.165) is 6.29 Å². The molecule has 42 heavy (non-hydrogen) atoms. The van der Waals surface area contributed by atoms with Crippen molar-refractivity contribution in [3.05, 3.63) is 29.8 Å². The first kappa shape index (κ1) is 38.3. The summed E-state index contributed by atoms with van der Waals surface area (Å²) in [6.45, 7) is 14.3. The molecule has 0 atom stereocenters. The second kappa shape index (κ2) is 30.7. The molecule has 1 aromatic rings. The maximum atomic E-state index is 10.6. The van der Waals surface area contributed by atoms with Crippen molar-refractivity contribution in [3.8, 4) is 5.75 Å². The lowest BCUT2D eigenvalue weighted by Gasteiger charge is -2.09. The van der Waals surface area contributed by atoms with Gasteiger partial charge in [0.15, 0.2) is 0 Å². The van der Waals surface area contributed by atoms with E-state index in [1.807, 2.05) is 13.8 Å². The fraction of sp³-hybridized carbons (Fsp3) is 0.767. The minimum Gasteiger partial charge on any atom is -0.491 e. The number of aldehydes is 1. The number of carbonyl (C=O) groups is 1. The van der Waals surface area contributed by atoms with Crippen LogP contribution in [0.4, 0.5) is 0 Å². The Balaban J connectivity index is 1.65. The largest absolute Gasteiger partial charge is 0.491 e. The van der Waals surface area contributed by atoms with E-state index in [1.54, 1.807) is 24.3 Å². The highest BCUT2D eigenvalue weighted by atomic mass is 16.6. The number of hydrogen-bond acceptors (Lipinski definition) is 12. The first-order valence-electron chi connectivity index (χ1n) is 14.7. The van der Waals surface area contributed by atoms with Gasteiger partial charge in [0.25, 0.3) is 0 Å². The second-order valence-electron chi connectivity index (χ2n) is 8.97. The second-order valence-corrected chi connectivity index (χ2v) is 8.97. The van der Waals surface area contributed by atoms with Crippen molar-refractivity contribution >= 4 is 6.29 Å². The van der Waals surface area contributed by atoms with Gasteiger partial charge >= 0.3 is 0 Å². The van der Waals surface area contributed by atoms with Gasteiger partial charge in [-0.2, -0.15) is 0 Å². The van der Waals surface area contributed by atoms with Crippen LogP contribution >= 0.6 is 0 Å². The molecule has 0 radical (unpaired) electrons. The van der Waals surface area contributed by atoms with Gasteiger partial charge < -0.3 is 52.1 Å². The van der Waals surface area contributed by atoms with Gasteiger partial charge in [-0.25, -0.2) is 0 Å². The fourth-order valence-electron chi connectivity index (χ4n) is 3.07. The normalized spacial score (nSPS) is 11.4. The van der Waals surface area contributed by atoms with E-state index in [2.05, 4.69) is 0 Å². The zero-order valence-electron chi connectivity index (χ0n) is 25.5. The molecule has 0 aliphatic heterocycles. The summed E-state index contributed by atoms with van der Waals surface area (Å²) in [4.78, 5) is 10.6. The summed E-state index contributed by atoms with van der Waals surface area (Å²) < 4.78 is 60.0. The minimum absolute atomic E-state index is 0.229. The van der Waals surface area contributed by atoms with Crippen LogP contribution < -0.4 is 4.74 Å². The van der Waals surface area contributed by atoms with Gasteiger partial charge in [0.05, 0.1) is 132 Å². The number of benzene rings is 1. The van der Waals surface area contributed by atoms with E-state index in [-0.39, 0.29) is 6.10 Å². The van der Waals surface area contributed by atoms with Crippen molar-refractivity contribution in [2.45, 2.75) is 20.0 Å². The lowest BCUT2D eigenvalue weighted by Crippen LogP contribution is -2.15. The van der Waals surface area contributed by atoms with Gasteiger partial charge in [0.2, 0.25) is 0 Å². The van der Waals surface area contributed by atoms with Gasteiger partial charge in [-0.1, -0.05) is 0 Å². The average Bonchev–Trinajstić information content (AvgIpc) is 3.00. The smallest absolute Gasteiger partial charge is 0.150 e. The molecule has 0 saturated heterocycles. The van der Waals surface area contributed by atoms with Crippen LogP contribution in [0.3, 0.4) is 0 Å². The van der Waals surface area contributed by atoms with Gasteiger partial charge in [0, 0.05) is 5.56 Å². The molecule has 0 fully saturated rings. The van der Waals surface area contributed by atoms with Crippen LogP contribution in [-0.4, -0.2) is 145 Å². The van der Waals surface area contributed by atoms with Gasteiger partial charge in [-0.15, -0.1) is 0 Å².